The molecule has 2 aromatic heterocycles. The molecule has 4 aliphatic rings. The number of pyridine rings is 1. The Balaban J connectivity index is 1.10. The average Bonchev–Trinajstić information content (AvgIpc) is 2.98. The van der Waals surface area contributed by atoms with Gasteiger partial charge in [0.15, 0.2) is 0 Å². The molecule has 2 aromatic rings. The smallest absolute Gasteiger partial charge is 0.388 e. The zero-order valence-corrected chi connectivity index (χ0v) is 24.1. The lowest BCUT2D eigenvalue weighted by Gasteiger charge is -2.40. The van der Waals surface area contributed by atoms with Crippen LogP contribution in [0.4, 0.5) is 24.5 Å². The van der Waals surface area contributed by atoms with Crippen LogP contribution in [0.2, 0.25) is 5.02 Å². The molecule has 0 aromatic carbocycles. The predicted octanol–water partition coefficient (Wildman–Crippen LogP) is 3.90. The van der Waals surface area contributed by atoms with Crippen molar-refractivity contribution < 1.29 is 32.1 Å². The van der Waals surface area contributed by atoms with Gasteiger partial charge in [-0.15, -0.1) is 13.2 Å². The van der Waals surface area contributed by atoms with Crippen molar-refractivity contribution >= 4 is 23.0 Å². The molecule has 43 heavy (non-hydrogen) atoms. The Kier molecular flexibility index (Phi) is 9.00. The van der Waals surface area contributed by atoms with Gasteiger partial charge in [-0.05, 0) is 31.7 Å². The van der Waals surface area contributed by atoms with Gasteiger partial charge in [-0.1, -0.05) is 23.4 Å². The molecule has 6 rings (SSSR count). The molecule has 0 amide bonds. The van der Waals surface area contributed by atoms with Crippen molar-refractivity contribution in [3.05, 3.63) is 39.9 Å². The first-order valence-electron chi connectivity index (χ1n) is 14.5. The molecule has 2 aliphatic heterocycles. The molecule has 1 N–H and O–H groups in total. The van der Waals surface area contributed by atoms with Gasteiger partial charge in [-0.3, -0.25) is 4.79 Å². The fourth-order valence-electron chi connectivity index (χ4n) is 6.26. The number of nitrogens with one attached hydrogen (secondary N) is 1. The van der Waals surface area contributed by atoms with E-state index in [2.05, 4.69) is 36.9 Å². The van der Waals surface area contributed by atoms with Gasteiger partial charge in [0.2, 0.25) is 5.88 Å². The second-order valence-corrected chi connectivity index (χ2v) is 11.7. The van der Waals surface area contributed by atoms with E-state index >= 15 is 0 Å². The fraction of sp³-hybridized carbons (Fsp3) is 0.621. The predicted molar refractivity (Wildman–Crippen MR) is 151 cm³/mol. The van der Waals surface area contributed by atoms with Gasteiger partial charge in [0.05, 0.1) is 74.9 Å². The minimum absolute atomic E-state index is 0.0428. The molecule has 14 heteroatoms. The van der Waals surface area contributed by atoms with Gasteiger partial charge >= 0.3 is 6.36 Å². The van der Waals surface area contributed by atoms with Crippen molar-refractivity contribution in [2.75, 3.05) is 56.3 Å². The zero-order valence-electron chi connectivity index (χ0n) is 23.4. The number of nitrogens with zero attached hydrogens (tertiary/aromatic N) is 4. The van der Waals surface area contributed by atoms with Crippen molar-refractivity contribution in [1.82, 2.24) is 14.8 Å². The highest BCUT2D eigenvalue weighted by Crippen LogP contribution is 2.35. The third kappa shape index (κ3) is 7.03. The second-order valence-electron chi connectivity index (χ2n) is 11.3. The van der Waals surface area contributed by atoms with Gasteiger partial charge in [-0.2, -0.15) is 5.10 Å². The maximum Gasteiger partial charge on any atom is 0.574 e. The molecule has 3 fully saturated rings. The minimum atomic E-state index is -4.82. The Bertz CT molecular complexity index is 1380. The number of ether oxygens (including phenoxy) is 4. The lowest BCUT2D eigenvalue weighted by Crippen LogP contribution is -2.46. The Morgan fingerprint density at radius 2 is 1.93 bits per heavy atom. The van der Waals surface area contributed by atoms with Crippen molar-refractivity contribution in [1.29, 1.82) is 0 Å². The standard InChI is InChI=1S/C29H33ClF3N5O5/c30-27-25(34-11-19-16-41-15-18-1-7-24(18)19)13-36-38(28(27)39)21-4-2-20(3-5-21)37(14-23-17-40-9-10-42-23)22-6-8-26(35-12-22)43-29(31,32)33/h6,8,12-13,18-21,23-24,34H,2-5,9-11,14-17H2/t18-,19-,20?,21?,23-,24-/m1/s1. The molecule has 0 bridgehead atoms. The Morgan fingerprint density at radius 1 is 1.09 bits per heavy atom. The SMILES string of the molecule is O=c1c(Cl)c(NC[C@@H]2COC[C@H]3C#C[C@@H]23)cnn1C1CCC(N(C[C@@H]2COCCO2)c2ccc(OC(F)(F)F)nc2)CC1. The van der Waals surface area contributed by atoms with Crippen LogP contribution in [-0.2, 0) is 14.2 Å². The molecule has 2 saturated heterocycles. The summed E-state index contributed by atoms with van der Waals surface area (Å²) in [6.07, 6.45) is 0.751. The minimum Gasteiger partial charge on any atom is -0.388 e. The number of hydrogen-bond donors (Lipinski definition) is 1. The number of halogens is 4. The number of alkyl halides is 3. The van der Waals surface area contributed by atoms with Crippen LogP contribution >= 0.6 is 11.6 Å². The molecule has 1 saturated carbocycles. The highest BCUT2D eigenvalue weighted by Gasteiger charge is 2.36. The molecule has 10 nitrogen and oxygen atoms in total. The van der Waals surface area contributed by atoms with Gasteiger partial charge in [0, 0.05) is 37.0 Å². The van der Waals surface area contributed by atoms with Gasteiger partial charge in [-0.25, -0.2) is 9.67 Å². The van der Waals surface area contributed by atoms with Crippen molar-refractivity contribution in [3.8, 4) is 17.7 Å². The maximum absolute atomic E-state index is 13.2. The first-order chi connectivity index (χ1) is 20.7. The molecular formula is C29H33ClF3N5O5. The van der Waals surface area contributed by atoms with Crippen LogP contribution in [0.5, 0.6) is 5.88 Å². The molecule has 0 radical (unpaired) electrons. The maximum atomic E-state index is 13.2. The first kappa shape index (κ1) is 30.0. The Hall–Kier alpha value is -3.05. The van der Waals surface area contributed by atoms with Crippen LogP contribution in [0.1, 0.15) is 31.7 Å². The topological polar surface area (TPSA) is 100.0 Å². The van der Waals surface area contributed by atoms with Gasteiger partial charge in [0.1, 0.15) is 5.02 Å². The summed E-state index contributed by atoms with van der Waals surface area (Å²) in [6, 6.07) is 2.68. The quantitative estimate of drug-likeness (QED) is 0.417. The van der Waals surface area contributed by atoms with E-state index in [1.165, 1.54) is 16.9 Å². The summed E-state index contributed by atoms with van der Waals surface area (Å²) in [6.45, 7) is 3.80. The lowest BCUT2D eigenvalue weighted by molar-refractivity contribution is -0.276. The largest absolute Gasteiger partial charge is 0.574 e. The number of aromatic nitrogens is 3. The molecule has 232 valence electrons. The highest BCUT2D eigenvalue weighted by molar-refractivity contribution is 6.32. The average molecular weight is 624 g/mol. The molecular weight excluding hydrogens is 591 g/mol. The van der Waals surface area contributed by atoms with Crippen LogP contribution in [0, 0.1) is 29.6 Å². The summed E-state index contributed by atoms with van der Waals surface area (Å²) in [7, 11) is 0. The second kappa shape index (κ2) is 12.9. The van der Waals surface area contributed by atoms with E-state index in [4.69, 9.17) is 25.8 Å². The molecule has 2 aliphatic carbocycles. The van der Waals surface area contributed by atoms with Crippen molar-refractivity contribution in [2.45, 2.75) is 50.2 Å². The third-order valence-corrected chi connectivity index (χ3v) is 8.88. The highest BCUT2D eigenvalue weighted by atomic mass is 35.5. The molecule has 0 unspecified atom stereocenters. The van der Waals surface area contributed by atoms with Crippen molar-refractivity contribution in [2.24, 2.45) is 17.8 Å². The Morgan fingerprint density at radius 3 is 2.60 bits per heavy atom. The lowest BCUT2D eigenvalue weighted by atomic mass is 9.75. The third-order valence-electron chi connectivity index (χ3n) is 8.52. The summed E-state index contributed by atoms with van der Waals surface area (Å²) in [5.41, 5.74) is 0.811. The monoisotopic (exact) mass is 623 g/mol. The van der Waals surface area contributed by atoms with E-state index in [9.17, 15) is 18.0 Å². The Labute approximate surface area is 251 Å². The zero-order chi connectivity index (χ0) is 30.0. The summed E-state index contributed by atoms with van der Waals surface area (Å²) in [5.74, 6) is 6.65. The summed E-state index contributed by atoms with van der Waals surface area (Å²) in [4.78, 5) is 19.2. The molecule has 4 heterocycles. The fourth-order valence-corrected chi connectivity index (χ4v) is 6.46. The summed E-state index contributed by atoms with van der Waals surface area (Å²) < 4.78 is 60.4. The van der Waals surface area contributed by atoms with Crippen LogP contribution in [0.15, 0.2) is 29.3 Å². The van der Waals surface area contributed by atoms with E-state index in [0.717, 1.165) is 12.8 Å². The normalized spacial score (nSPS) is 28.6. The van der Waals surface area contributed by atoms with E-state index in [0.29, 0.717) is 76.3 Å². The van der Waals surface area contributed by atoms with Crippen LogP contribution in [0.3, 0.4) is 0 Å². The summed E-state index contributed by atoms with van der Waals surface area (Å²) in [5, 5.41) is 7.84. The van der Waals surface area contributed by atoms with Gasteiger partial charge < -0.3 is 29.2 Å². The van der Waals surface area contributed by atoms with Crippen LogP contribution in [-0.4, -0.2) is 79.4 Å². The van der Waals surface area contributed by atoms with Crippen LogP contribution in [0.25, 0.3) is 0 Å². The number of anilines is 2. The first-order valence-corrected chi connectivity index (χ1v) is 14.9. The van der Waals surface area contributed by atoms with E-state index in [1.54, 1.807) is 12.3 Å². The van der Waals surface area contributed by atoms with Crippen molar-refractivity contribution in [3.63, 3.8) is 0 Å². The molecule has 0 spiro atoms. The van der Waals surface area contributed by atoms with Gasteiger partial charge in [0.25, 0.3) is 5.56 Å². The van der Waals surface area contributed by atoms with Crippen LogP contribution < -0.4 is 20.5 Å². The van der Waals surface area contributed by atoms with E-state index < -0.39 is 12.2 Å². The number of fused-ring (bicyclic) bond motifs is 1. The van der Waals surface area contributed by atoms with E-state index in [1.807, 2.05) is 0 Å². The van der Waals surface area contributed by atoms with E-state index in [-0.39, 0.29) is 40.6 Å². The summed E-state index contributed by atoms with van der Waals surface area (Å²) >= 11 is 6.52. The number of rotatable bonds is 9. The number of hydrogen-bond acceptors (Lipinski definition) is 9. The molecule has 4 atom stereocenters.